The van der Waals surface area contributed by atoms with Crippen molar-refractivity contribution in [2.24, 2.45) is 22.9 Å². The van der Waals surface area contributed by atoms with Gasteiger partial charge in [0.2, 0.25) is 12.6 Å². The lowest BCUT2D eigenvalue weighted by molar-refractivity contribution is -0.384. The van der Waals surface area contributed by atoms with Gasteiger partial charge in [-0.3, -0.25) is 15.0 Å². The largest absolute Gasteiger partial charge is 0.459 e. The Morgan fingerprint density at radius 3 is 2.36 bits per heavy atom. The molecule has 15 nitrogen and oxygen atoms in total. The number of nitro benzene ring substituents is 1. The van der Waals surface area contributed by atoms with Gasteiger partial charge < -0.3 is 43.5 Å². The number of hydrogen-bond acceptors (Lipinski definition) is 13. The first-order valence-corrected chi connectivity index (χ1v) is 23.1. The fourth-order valence-corrected chi connectivity index (χ4v) is 10.1. The molecule has 0 aromatic heterocycles. The van der Waals surface area contributed by atoms with Crippen LogP contribution in [0.5, 0.6) is 34.5 Å². The van der Waals surface area contributed by atoms with Crippen molar-refractivity contribution >= 4 is 17.5 Å². The van der Waals surface area contributed by atoms with Gasteiger partial charge in [0.1, 0.15) is 35.6 Å². The minimum atomic E-state index is -1.59. The summed E-state index contributed by atoms with van der Waals surface area (Å²) in [5.41, 5.74) is 5.21. The van der Waals surface area contributed by atoms with Gasteiger partial charge in [-0.25, -0.2) is 4.79 Å². The third kappa shape index (κ3) is 10.00. The molecule has 0 saturated heterocycles. The number of aryl methyl sites for hydroxylation is 2. The second-order valence-electron chi connectivity index (χ2n) is 17.5. The number of aliphatic hydroxyl groups excluding tert-OH is 2. The zero-order chi connectivity index (χ0) is 47.1. The van der Waals surface area contributed by atoms with Crippen LogP contribution >= 0.6 is 0 Å². The van der Waals surface area contributed by atoms with E-state index in [4.69, 9.17) is 38.4 Å². The Hall–Kier alpha value is -6.42. The molecule has 0 spiro atoms. The van der Waals surface area contributed by atoms with Crippen molar-refractivity contribution in [2.75, 3.05) is 33.2 Å². The van der Waals surface area contributed by atoms with Crippen LogP contribution in [0.4, 0.5) is 10.5 Å². The van der Waals surface area contributed by atoms with E-state index in [0.29, 0.717) is 59.5 Å². The summed E-state index contributed by atoms with van der Waals surface area (Å²) >= 11 is 0. The Kier molecular flexibility index (Phi) is 14.8. The first-order chi connectivity index (χ1) is 32.6. The van der Waals surface area contributed by atoms with E-state index < -0.39 is 28.8 Å². The highest BCUT2D eigenvalue weighted by molar-refractivity contribution is 6.03. The molecule has 8 rings (SSSR count). The molecule has 4 aliphatic rings. The van der Waals surface area contributed by atoms with E-state index in [9.17, 15) is 20.3 Å². The van der Waals surface area contributed by atoms with Crippen LogP contribution in [0.1, 0.15) is 80.0 Å². The molecular weight excluding hydrogens is 859 g/mol. The molecule has 0 radical (unpaired) electrons. The van der Waals surface area contributed by atoms with Crippen LogP contribution in [0.25, 0.3) is 0 Å². The van der Waals surface area contributed by atoms with Crippen LogP contribution in [-0.2, 0) is 16.1 Å². The number of nitrogens with zero attached hydrogens (tertiary/aromatic N) is 3. The van der Waals surface area contributed by atoms with Crippen molar-refractivity contribution in [3.05, 3.63) is 136 Å². The fourth-order valence-electron chi connectivity index (χ4n) is 10.1. The maximum absolute atomic E-state index is 15.1. The van der Waals surface area contributed by atoms with Gasteiger partial charge in [0.05, 0.1) is 23.2 Å². The van der Waals surface area contributed by atoms with Crippen molar-refractivity contribution in [3.8, 4) is 34.5 Å². The molecule has 15 heteroatoms. The second-order valence-corrected chi connectivity index (χ2v) is 17.5. The SMILES string of the molecule is C=CCO[C@@]12Oc3ccc(Oc4ccc(C)c(C)c4)cc3[C@H]3[C@H](CCCCO)[C@@H](CCCCO)C=C(C(=NOCC)C[C@@H]1N(Cc1ccc4c(c1)OCO4)C(=O)Oc1ccc([N+](=O)[O-])cc1)[C@H]32. The molecule has 0 unspecified atom stereocenters. The van der Waals surface area contributed by atoms with Crippen molar-refractivity contribution in [1.29, 1.82) is 0 Å². The standard InChI is InChI=1S/C52H59N3O12/c1-5-25-63-52-48(54(31-35-14-21-46-47(27-35)62-32-61-46)51(58)66-38-18-15-37(16-19-38)55(59)60)30-44(53-64-6-2)42-28-36(11-7-9-23-56)41(12-8-10-24-57)49(50(42)52)43-29-40(20-22-45(43)67-52)65-39-17-13-33(3)34(4)26-39/h5,13-22,26-29,36,41,48-50,56-57H,1,6-12,23-25,30-32H2,2-4H3/t36-,41+,48-,49+,50+,52+/m0/s1. The summed E-state index contributed by atoms with van der Waals surface area (Å²) < 4.78 is 38.6. The number of amides is 1. The van der Waals surface area contributed by atoms with E-state index in [2.05, 4.69) is 25.6 Å². The van der Waals surface area contributed by atoms with Crippen LogP contribution in [-0.4, -0.2) is 76.9 Å². The van der Waals surface area contributed by atoms with Crippen LogP contribution in [0, 0.1) is 41.7 Å². The van der Waals surface area contributed by atoms with Gasteiger partial charge in [-0.2, -0.15) is 0 Å². The lowest BCUT2D eigenvalue weighted by Gasteiger charge is -2.59. The zero-order valence-corrected chi connectivity index (χ0v) is 38.3. The van der Waals surface area contributed by atoms with Crippen LogP contribution in [0.3, 0.4) is 0 Å². The number of allylic oxidation sites excluding steroid dienone is 1. The lowest BCUT2D eigenvalue weighted by Crippen LogP contribution is -2.70. The topological polar surface area (TPSA) is 181 Å². The second kappa shape index (κ2) is 21.0. The average Bonchev–Trinajstić information content (AvgIpc) is 3.80. The number of oxime groups is 1. The van der Waals surface area contributed by atoms with Gasteiger partial charge in [-0.05, 0) is 135 Å². The molecule has 1 amide bonds. The summed E-state index contributed by atoms with van der Waals surface area (Å²) in [6.07, 6.45) is 7.63. The fraction of sp³-hybridized carbons (Fsp3) is 0.423. The number of nitro groups is 1. The highest BCUT2D eigenvalue weighted by Crippen LogP contribution is 2.62. The number of hydrogen-bond donors (Lipinski definition) is 2. The summed E-state index contributed by atoms with van der Waals surface area (Å²) in [5.74, 6) is 0.603. The summed E-state index contributed by atoms with van der Waals surface area (Å²) in [6.45, 7) is 10.5. The number of ether oxygens (including phenoxy) is 6. The number of fused-ring (bicyclic) bond motifs is 3. The first-order valence-electron chi connectivity index (χ1n) is 23.1. The maximum atomic E-state index is 15.1. The predicted octanol–water partition coefficient (Wildman–Crippen LogP) is 10.1. The minimum absolute atomic E-state index is 0.00660. The van der Waals surface area contributed by atoms with Gasteiger partial charge >= 0.3 is 6.09 Å². The average molecular weight is 918 g/mol. The smallest absolute Gasteiger partial charge is 0.416 e. The van der Waals surface area contributed by atoms with Crippen molar-refractivity contribution < 1.29 is 53.2 Å². The Bertz CT molecular complexity index is 2490. The molecule has 2 N–H and O–H groups in total. The van der Waals surface area contributed by atoms with Gasteiger partial charge in [0.15, 0.2) is 11.5 Å². The summed E-state index contributed by atoms with van der Waals surface area (Å²) in [5, 5.41) is 36.3. The summed E-state index contributed by atoms with van der Waals surface area (Å²) in [7, 11) is 0. The van der Waals surface area contributed by atoms with Gasteiger partial charge in [0.25, 0.3) is 5.69 Å². The molecule has 6 atom stereocenters. The highest BCUT2D eigenvalue weighted by atomic mass is 16.7. The molecule has 354 valence electrons. The Morgan fingerprint density at radius 1 is 0.910 bits per heavy atom. The first kappa shape index (κ1) is 47.1. The van der Waals surface area contributed by atoms with Crippen molar-refractivity contribution in [2.45, 2.75) is 90.0 Å². The van der Waals surface area contributed by atoms with E-state index in [1.165, 1.54) is 24.3 Å². The number of rotatable bonds is 20. The van der Waals surface area contributed by atoms with E-state index in [1.807, 2.05) is 56.3 Å². The molecule has 2 aliphatic carbocycles. The van der Waals surface area contributed by atoms with Crippen LogP contribution in [0.2, 0.25) is 0 Å². The monoisotopic (exact) mass is 917 g/mol. The minimum Gasteiger partial charge on any atom is -0.459 e. The Morgan fingerprint density at radius 2 is 1.63 bits per heavy atom. The zero-order valence-electron chi connectivity index (χ0n) is 38.3. The van der Waals surface area contributed by atoms with E-state index in [-0.39, 0.29) is 68.8 Å². The van der Waals surface area contributed by atoms with E-state index in [1.54, 1.807) is 17.0 Å². The molecule has 2 aliphatic heterocycles. The molecule has 1 saturated carbocycles. The van der Waals surface area contributed by atoms with Gasteiger partial charge in [0, 0.05) is 49.8 Å². The normalized spacial score (nSPS) is 22.7. The highest BCUT2D eigenvalue weighted by Gasteiger charge is 2.66. The predicted molar refractivity (Wildman–Crippen MR) is 250 cm³/mol. The molecule has 0 bridgehead atoms. The maximum Gasteiger partial charge on any atom is 0.416 e. The molecule has 67 heavy (non-hydrogen) atoms. The number of aliphatic hydroxyl groups is 2. The summed E-state index contributed by atoms with van der Waals surface area (Å²) in [6, 6.07) is 21.7. The molecule has 1 fully saturated rings. The third-order valence-electron chi connectivity index (χ3n) is 13.3. The summed E-state index contributed by atoms with van der Waals surface area (Å²) in [4.78, 5) is 33.6. The van der Waals surface area contributed by atoms with Crippen LogP contribution < -0.4 is 23.7 Å². The van der Waals surface area contributed by atoms with Gasteiger partial charge in [-0.1, -0.05) is 42.3 Å². The Labute approximate surface area is 390 Å². The molecule has 4 aromatic carbocycles. The third-order valence-corrected chi connectivity index (χ3v) is 13.3. The number of unbranched alkanes of at least 4 members (excludes halogenated alkanes) is 2. The molecule has 4 aromatic rings. The van der Waals surface area contributed by atoms with E-state index >= 15 is 4.79 Å². The van der Waals surface area contributed by atoms with Gasteiger partial charge in [-0.15, -0.1) is 6.58 Å². The number of carbonyl (C=O) groups excluding carboxylic acids is 1. The Balaban J connectivity index is 1.33. The van der Waals surface area contributed by atoms with Crippen LogP contribution in [0.15, 0.2) is 108 Å². The van der Waals surface area contributed by atoms with E-state index in [0.717, 1.165) is 47.9 Å². The number of non-ortho nitro benzene ring substituents is 1. The number of carbonyl (C=O) groups is 1. The number of benzene rings is 4. The van der Waals surface area contributed by atoms with Crippen molar-refractivity contribution in [3.63, 3.8) is 0 Å². The quantitative estimate of drug-likeness (QED) is 0.0371. The lowest BCUT2D eigenvalue weighted by atomic mass is 9.55. The molecule has 2 heterocycles. The van der Waals surface area contributed by atoms with Crippen molar-refractivity contribution in [1.82, 2.24) is 4.90 Å². The molecular formula is C52H59N3O12.